The van der Waals surface area contributed by atoms with Crippen LogP contribution in [0.3, 0.4) is 0 Å². The van der Waals surface area contributed by atoms with Gasteiger partial charge in [-0.15, -0.1) is 0 Å². The lowest BCUT2D eigenvalue weighted by Crippen LogP contribution is -2.35. The molecule has 2 aliphatic heterocycles. The Hall–Kier alpha value is -2.96. The van der Waals surface area contributed by atoms with E-state index in [-0.39, 0.29) is 11.8 Å². The Morgan fingerprint density at radius 1 is 1.03 bits per heavy atom. The van der Waals surface area contributed by atoms with Crippen LogP contribution >= 0.6 is 0 Å². The van der Waals surface area contributed by atoms with Gasteiger partial charge in [-0.05, 0) is 41.3 Å². The number of nitrogens with one attached hydrogen (secondary N) is 1. The summed E-state index contributed by atoms with van der Waals surface area (Å²) < 4.78 is 5.40. The Kier molecular flexibility index (Phi) is 7.12. The van der Waals surface area contributed by atoms with Crippen LogP contribution in [0.4, 0.5) is 5.69 Å². The van der Waals surface area contributed by atoms with E-state index in [2.05, 4.69) is 22.3 Å². The van der Waals surface area contributed by atoms with E-state index in [1.165, 1.54) is 5.56 Å². The van der Waals surface area contributed by atoms with Gasteiger partial charge in [0.05, 0.1) is 13.2 Å². The van der Waals surface area contributed by atoms with Crippen molar-refractivity contribution in [3.8, 4) is 0 Å². The fourth-order valence-corrected chi connectivity index (χ4v) is 3.96. The normalized spacial score (nSPS) is 17.4. The number of anilines is 1. The van der Waals surface area contributed by atoms with Crippen molar-refractivity contribution in [1.82, 2.24) is 10.2 Å². The molecule has 2 aromatic rings. The summed E-state index contributed by atoms with van der Waals surface area (Å²) in [5, 5.41) is 2.95. The molecule has 4 rings (SSSR count). The van der Waals surface area contributed by atoms with Gasteiger partial charge in [0.1, 0.15) is 0 Å². The topological polar surface area (TPSA) is 61.9 Å². The Morgan fingerprint density at radius 2 is 1.81 bits per heavy atom. The molecule has 162 valence electrons. The minimum atomic E-state index is -0.127. The van der Waals surface area contributed by atoms with Crippen LogP contribution in [0.25, 0.3) is 6.08 Å². The second kappa shape index (κ2) is 10.4. The summed E-state index contributed by atoms with van der Waals surface area (Å²) >= 11 is 0. The molecule has 0 radical (unpaired) electrons. The van der Waals surface area contributed by atoms with Crippen molar-refractivity contribution in [3.05, 3.63) is 71.3 Å². The maximum Gasteiger partial charge on any atom is 0.244 e. The maximum atomic E-state index is 12.2. The molecule has 0 spiro atoms. The quantitative estimate of drug-likeness (QED) is 0.701. The largest absolute Gasteiger partial charge is 0.379 e. The molecular formula is C25H29N3O3. The second-order valence-corrected chi connectivity index (χ2v) is 8.00. The summed E-state index contributed by atoms with van der Waals surface area (Å²) in [5.41, 5.74) is 4.19. The summed E-state index contributed by atoms with van der Waals surface area (Å²) in [6, 6.07) is 16.1. The third kappa shape index (κ3) is 6.03. The Bertz CT molecular complexity index is 933. The molecular weight excluding hydrogens is 390 g/mol. The van der Waals surface area contributed by atoms with Gasteiger partial charge >= 0.3 is 0 Å². The summed E-state index contributed by atoms with van der Waals surface area (Å²) in [6.07, 6.45) is 4.88. The number of amides is 2. The minimum absolute atomic E-state index is 0.127. The number of carbonyl (C=O) groups is 2. The van der Waals surface area contributed by atoms with Gasteiger partial charge < -0.3 is 15.0 Å². The molecule has 31 heavy (non-hydrogen) atoms. The average molecular weight is 420 g/mol. The molecule has 0 atom stereocenters. The molecule has 6 nitrogen and oxygen atoms in total. The van der Waals surface area contributed by atoms with Crippen molar-refractivity contribution in [2.45, 2.75) is 25.9 Å². The van der Waals surface area contributed by atoms with Crippen molar-refractivity contribution in [1.29, 1.82) is 0 Å². The molecule has 2 heterocycles. The molecule has 0 saturated carbocycles. The van der Waals surface area contributed by atoms with Crippen molar-refractivity contribution < 1.29 is 14.3 Å². The fourth-order valence-electron chi connectivity index (χ4n) is 3.96. The molecule has 2 amide bonds. The predicted octanol–water partition coefficient (Wildman–Crippen LogP) is 2.98. The zero-order valence-electron chi connectivity index (χ0n) is 17.8. The van der Waals surface area contributed by atoms with E-state index in [0.29, 0.717) is 13.0 Å². The van der Waals surface area contributed by atoms with E-state index in [1.807, 2.05) is 41.3 Å². The molecule has 2 aromatic carbocycles. The highest BCUT2D eigenvalue weighted by Gasteiger charge is 2.21. The van der Waals surface area contributed by atoms with Crippen LogP contribution < -0.4 is 10.2 Å². The van der Waals surface area contributed by atoms with E-state index < -0.39 is 0 Å². The van der Waals surface area contributed by atoms with Crippen LogP contribution in [0.15, 0.2) is 54.6 Å². The number of rotatable bonds is 7. The van der Waals surface area contributed by atoms with Crippen molar-refractivity contribution in [2.24, 2.45) is 0 Å². The van der Waals surface area contributed by atoms with Gasteiger partial charge in [0, 0.05) is 50.9 Å². The first-order valence-corrected chi connectivity index (χ1v) is 10.9. The van der Waals surface area contributed by atoms with Crippen LogP contribution in [0, 0.1) is 0 Å². The van der Waals surface area contributed by atoms with Crippen molar-refractivity contribution in [2.75, 3.05) is 37.7 Å². The fraction of sp³-hybridized carbons (Fsp3) is 0.360. The van der Waals surface area contributed by atoms with E-state index in [4.69, 9.17) is 4.74 Å². The number of morpholine rings is 1. The van der Waals surface area contributed by atoms with Gasteiger partial charge in [-0.3, -0.25) is 14.5 Å². The number of carbonyl (C=O) groups excluding carboxylic acids is 2. The monoisotopic (exact) mass is 419 g/mol. The standard InChI is InChI=1S/C25H29N3O3/c29-24(11-8-20-6-9-23(10-7-20)28-12-2-5-25(28)30)26-18-21-3-1-4-22(17-21)19-27-13-15-31-16-14-27/h1,3-4,6-11,17H,2,5,12-16,18-19H2,(H,26,29). The Balaban J connectivity index is 1.26. The lowest BCUT2D eigenvalue weighted by molar-refractivity contribution is -0.117. The van der Waals surface area contributed by atoms with Crippen LogP contribution in [-0.2, 0) is 27.4 Å². The number of ether oxygens (including phenoxy) is 1. The molecule has 1 N–H and O–H groups in total. The molecule has 0 aromatic heterocycles. The van der Waals surface area contributed by atoms with E-state index in [1.54, 1.807) is 12.2 Å². The SMILES string of the molecule is O=C(C=Cc1ccc(N2CCCC2=O)cc1)NCc1cccc(CN2CCOCC2)c1. The highest BCUT2D eigenvalue weighted by molar-refractivity contribution is 5.95. The second-order valence-electron chi connectivity index (χ2n) is 8.00. The maximum absolute atomic E-state index is 12.2. The Morgan fingerprint density at radius 3 is 2.55 bits per heavy atom. The summed E-state index contributed by atoms with van der Waals surface area (Å²) in [5.74, 6) is 0.0501. The first kappa shape index (κ1) is 21.3. The highest BCUT2D eigenvalue weighted by Crippen LogP contribution is 2.21. The van der Waals surface area contributed by atoms with Gasteiger partial charge in [0.2, 0.25) is 11.8 Å². The lowest BCUT2D eigenvalue weighted by Gasteiger charge is -2.26. The van der Waals surface area contributed by atoms with Crippen LogP contribution in [0.5, 0.6) is 0 Å². The highest BCUT2D eigenvalue weighted by atomic mass is 16.5. The number of hydrogen-bond acceptors (Lipinski definition) is 4. The van der Waals surface area contributed by atoms with Gasteiger partial charge in [-0.2, -0.15) is 0 Å². The third-order valence-electron chi connectivity index (χ3n) is 5.67. The van der Waals surface area contributed by atoms with Crippen LogP contribution in [0.2, 0.25) is 0 Å². The summed E-state index contributed by atoms with van der Waals surface area (Å²) in [6.45, 7) is 5.69. The zero-order valence-corrected chi connectivity index (χ0v) is 17.8. The van der Waals surface area contributed by atoms with Crippen molar-refractivity contribution >= 4 is 23.6 Å². The first-order chi connectivity index (χ1) is 15.2. The van der Waals surface area contributed by atoms with Crippen molar-refractivity contribution in [3.63, 3.8) is 0 Å². The van der Waals surface area contributed by atoms with E-state index in [0.717, 1.165) is 62.6 Å². The van der Waals surface area contributed by atoms with Gasteiger partial charge in [-0.25, -0.2) is 0 Å². The number of hydrogen-bond donors (Lipinski definition) is 1. The number of benzene rings is 2. The van der Waals surface area contributed by atoms with Gasteiger partial charge in [0.25, 0.3) is 0 Å². The predicted molar refractivity (Wildman–Crippen MR) is 121 cm³/mol. The molecule has 6 heteroatoms. The first-order valence-electron chi connectivity index (χ1n) is 10.9. The summed E-state index contributed by atoms with van der Waals surface area (Å²) in [4.78, 5) is 28.3. The zero-order chi connectivity index (χ0) is 21.5. The lowest BCUT2D eigenvalue weighted by atomic mass is 10.1. The summed E-state index contributed by atoms with van der Waals surface area (Å²) in [7, 11) is 0. The van der Waals surface area contributed by atoms with E-state index in [9.17, 15) is 9.59 Å². The van der Waals surface area contributed by atoms with Gasteiger partial charge in [-0.1, -0.05) is 36.4 Å². The molecule has 2 aliphatic rings. The molecule has 2 fully saturated rings. The van der Waals surface area contributed by atoms with Crippen LogP contribution in [-0.4, -0.2) is 49.6 Å². The Labute approximate surface area is 183 Å². The van der Waals surface area contributed by atoms with E-state index >= 15 is 0 Å². The molecule has 2 saturated heterocycles. The number of nitrogens with zero attached hydrogens (tertiary/aromatic N) is 2. The molecule has 0 bridgehead atoms. The third-order valence-corrected chi connectivity index (χ3v) is 5.67. The van der Waals surface area contributed by atoms with Gasteiger partial charge in [0.15, 0.2) is 0 Å². The molecule has 0 aliphatic carbocycles. The van der Waals surface area contributed by atoms with Crippen LogP contribution in [0.1, 0.15) is 29.5 Å². The minimum Gasteiger partial charge on any atom is -0.379 e. The smallest absolute Gasteiger partial charge is 0.244 e. The molecule has 0 unspecified atom stereocenters. The average Bonchev–Trinajstić information content (AvgIpc) is 3.23.